The SMILES string of the molecule is CC(=O)NC[C@H]1COC(=O)N1c1ccc(C2=CCN(C(=O)COC(C)=O)CC2)cc1. The third-order valence-corrected chi connectivity index (χ3v) is 5.02. The molecule has 9 nitrogen and oxygen atoms in total. The first kappa shape index (κ1) is 21.4. The lowest BCUT2D eigenvalue weighted by Gasteiger charge is -2.27. The summed E-state index contributed by atoms with van der Waals surface area (Å²) in [5.41, 5.74) is 2.82. The number of nitrogens with one attached hydrogen (secondary N) is 1. The Morgan fingerprint density at radius 1 is 1.20 bits per heavy atom. The number of amides is 3. The van der Waals surface area contributed by atoms with Gasteiger partial charge in [-0.3, -0.25) is 19.3 Å². The maximum atomic E-state index is 12.1. The van der Waals surface area contributed by atoms with Gasteiger partial charge in [-0.1, -0.05) is 18.2 Å². The quantitative estimate of drug-likeness (QED) is 0.703. The van der Waals surface area contributed by atoms with Crippen molar-refractivity contribution in [2.75, 3.05) is 37.7 Å². The highest BCUT2D eigenvalue weighted by molar-refractivity contribution is 5.91. The number of nitrogens with zero attached hydrogens (tertiary/aromatic N) is 2. The van der Waals surface area contributed by atoms with Crippen LogP contribution in [-0.4, -0.2) is 67.7 Å². The smallest absolute Gasteiger partial charge is 0.414 e. The molecular weight excluding hydrogens is 390 g/mol. The molecule has 0 radical (unpaired) electrons. The zero-order valence-corrected chi connectivity index (χ0v) is 17.1. The molecule has 0 saturated carbocycles. The van der Waals surface area contributed by atoms with Crippen molar-refractivity contribution in [1.82, 2.24) is 10.2 Å². The molecule has 160 valence electrons. The molecule has 0 spiro atoms. The van der Waals surface area contributed by atoms with Crippen LogP contribution in [0.5, 0.6) is 0 Å². The average Bonchev–Trinajstić information content (AvgIpc) is 3.11. The Labute approximate surface area is 174 Å². The van der Waals surface area contributed by atoms with E-state index in [0.29, 0.717) is 31.7 Å². The molecule has 0 aromatic heterocycles. The van der Waals surface area contributed by atoms with Crippen molar-refractivity contribution < 1.29 is 28.7 Å². The molecule has 1 aromatic rings. The zero-order valence-electron chi connectivity index (χ0n) is 17.1. The minimum atomic E-state index is -0.474. The zero-order chi connectivity index (χ0) is 21.7. The molecule has 1 N–H and O–H groups in total. The van der Waals surface area contributed by atoms with E-state index >= 15 is 0 Å². The van der Waals surface area contributed by atoms with E-state index in [1.807, 2.05) is 30.3 Å². The van der Waals surface area contributed by atoms with E-state index < -0.39 is 12.1 Å². The third-order valence-electron chi connectivity index (χ3n) is 5.02. The van der Waals surface area contributed by atoms with E-state index in [4.69, 9.17) is 9.47 Å². The average molecular weight is 415 g/mol. The Balaban J connectivity index is 1.63. The maximum absolute atomic E-state index is 12.1. The fourth-order valence-electron chi connectivity index (χ4n) is 3.44. The summed E-state index contributed by atoms with van der Waals surface area (Å²) in [4.78, 5) is 49.4. The van der Waals surface area contributed by atoms with Crippen LogP contribution in [0.2, 0.25) is 0 Å². The minimum Gasteiger partial charge on any atom is -0.456 e. The summed E-state index contributed by atoms with van der Waals surface area (Å²) in [5, 5.41) is 2.72. The lowest BCUT2D eigenvalue weighted by atomic mass is 9.99. The van der Waals surface area contributed by atoms with Gasteiger partial charge in [0, 0.05) is 39.2 Å². The number of hydrogen-bond donors (Lipinski definition) is 1. The van der Waals surface area contributed by atoms with Crippen LogP contribution >= 0.6 is 0 Å². The Morgan fingerprint density at radius 2 is 1.93 bits per heavy atom. The second kappa shape index (κ2) is 9.43. The fraction of sp³-hybridized carbons (Fsp3) is 0.429. The molecule has 2 aliphatic rings. The Hall–Kier alpha value is -3.36. The lowest BCUT2D eigenvalue weighted by Crippen LogP contribution is -2.42. The van der Waals surface area contributed by atoms with Gasteiger partial charge in [0.1, 0.15) is 6.61 Å². The van der Waals surface area contributed by atoms with Crippen LogP contribution in [0.1, 0.15) is 25.8 Å². The summed E-state index contributed by atoms with van der Waals surface area (Å²) in [7, 11) is 0. The maximum Gasteiger partial charge on any atom is 0.414 e. The molecule has 1 saturated heterocycles. The van der Waals surface area contributed by atoms with E-state index in [1.54, 1.807) is 9.80 Å². The van der Waals surface area contributed by atoms with Gasteiger partial charge < -0.3 is 19.7 Å². The first-order valence-electron chi connectivity index (χ1n) is 9.76. The van der Waals surface area contributed by atoms with Gasteiger partial charge in [0.05, 0.1) is 6.04 Å². The van der Waals surface area contributed by atoms with Gasteiger partial charge in [-0.2, -0.15) is 0 Å². The summed E-state index contributed by atoms with van der Waals surface area (Å²) < 4.78 is 9.90. The van der Waals surface area contributed by atoms with Crippen LogP contribution in [0.15, 0.2) is 30.3 Å². The number of cyclic esters (lactones) is 1. The predicted molar refractivity (Wildman–Crippen MR) is 109 cm³/mol. The monoisotopic (exact) mass is 415 g/mol. The summed E-state index contributed by atoms with van der Waals surface area (Å²) >= 11 is 0. The van der Waals surface area contributed by atoms with E-state index in [2.05, 4.69) is 5.32 Å². The molecule has 3 amide bonds. The van der Waals surface area contributed by atoms with Crippen LogP contribution in [-0.2, 0) is 23.9 Å². The predicted octanol–water partition coefficient (Wildman–Crippen LogP) is 1.33. The van der Waals surface area contributed by atoms with Crippen molar-refractivity contribution in [3.63, 3.8) is 0 Å². The first-order chi connectivity index (χ1) is 14.3. The molecule has 2 heterocycles. The summed E-state index contributed by atoms with van der Waals surface area (Å²) in [6.45, 7) is 4.02. The largest absolute Gasteiger partial charge is 0.456 e. The second-order valence-corrected chi connectivity index (χ2v) is 7.18. The van der Waals surface area contributed by atoms with Crippen LogP contribution in [0.3, 0.4) is 0 Å². The van der Waals surface area contributed by atoms with E-state index in [-0.39, 0.29) is 31.1 Å². The Bertz CT molecular complexity index is 864. The van der Waals surface area contributed by atoms with Crippen molar-refractivity contribution >= 4 is 35.1 Å². The van der Waals surface area contributed by atoms with Crippen molar-refractivity contribution in [2.24, 2.45) is 0 Å². The second-order valence-electron chi connectivity index (χ2n) is 7.18. The molecule has 1 fully saturated rings. The van der Waals surface area contributed by atoms with Crippen molar-refractivity contribution in [1.29, 1.82) is 0 Å². The molecule has 0 unspecified atom stereocenters. The molecule has 0 bridgehead atoms. The van der Waals surface area contributed by atoms with Crippen molar-refractivity contribution in [2.45, 2.75) is 26.3 Å². The number of esters is 1. The number of benzene rings is 1. The van der Waals surface area contributed by atoms with E-state index in [1.165, 1.54) is 13.8 Å². The summed E-state index contributed by atoms with van der Waals surface area (Å²) in [6.07, 6.45) is 2.23. The first-order valence-corrected chi connectivity index (χ1v) is 9.76. The molecule has 3 rings (SSSR count). The number of rotatable bonds is 6. The summed E-state index contributed by atoms with van der Waals surface area (Å²) in [5.74, 6) is -0.847. The third kappa shape index (κ3) is 5.16. The Kier molecular flexibility index (Phi) is 6.71. The summed E-state index contributed by atoms with van der Waals surface area (Å²) in [6, 6.07) is 7.30. The lowest BCUT2D eigenvalue weighted by molar-refractivity contribution is -0.150. The van der Waals surface area contributed by atoms with Gasteiger partial charge >= 0.3 is 12.1 Å². The van der Waals surface area contributed by atoms with E-state index in [9.17, 15) is 19.2 Å². The van der Waals surface area contributed by atoms with Crippen molar-refractivity contribution in [3.05, 3.63) is 35.9 Å². The van der Waals surface area contributed by atoms with Crippen LogP contribution in [0.25, 0.3) is 5.57 Å². The standard InChI is InChI=1S/C21H25N3O6/c1-14(25)22-11-19-12-30-21(28)24(19)18-5-3-16(4-6-18)17-7-9-23(10-8-17)20(27)13-29-15(2)26/h3-7,19H,8-13H2,1-2H3,(H,22,25)/t19-/m0/s1. The molecule has 2 aliphatic heterocycles. The molecule has 1 atom stereocenters. The van der Waals surface area contributed by atoms with Gasteiger partial charge in [0.15, 0.2) is 6.61 Å². The number of carbonyl (C=O) groups is 4. The number of carbonyl (C=O) groups excluding carboxylic acids is 4. The molecule has 0 aliphatic carbocycles. The minimum absolute atomic E-state index is 0.158. The number of anilines is 1. The fourth-order valence-corrected chi connectivity index (χ4v) is 3.44. The van der Waals surface area contributed by atoms with Gasteiger partial charge in [0.2, 0.25) is 5.91 Å². The van der Waals surface area contributed by atoms with Gasteiger partial charge in [-0.05, 0) is 29.7 Å². The van der Waals surface area contributed by atoms with Crippen molar-refractivity contribution in [3.8, 4) is 0 Å². The van der Waals surface area contributed by atoms with Gasteiger partial charge in [-0.25, -0.2) is 4.79 Å². The van der Waals surface area contributed by atoms with E-state index in [0.717, 1.165) is 11.1 Å². The number of ether oxygens (including phenoxy) is 2. The van der Waals surface area contributed by atoms with Crippen LogP contribution in [0, 0.1) is 0 Å². The highest BCUT2D eigenvalue weighted by Crippen LogP contribution is 2.27. The highest BCUT2D eigenvalue weighted by Gasteiger charge is 2.34. The molecular formula is C21H25N3O6. The number of hydrogen-bond acceptors (Lipinski definition) is 6. The molecule has 9 heteroatoms. The van der Waals surface area contributed by atoms with Gasteiger partial charge in [-0.15, -0.1) is 0 Å². The molecule has 1 aromatic carbocycles. The van der Waals surface area contributed by atoms with Crippen LogP contribution in [0.4, 0.5) is 10.5 Å². The normalized spacial score (nSPS) is 18.5. The Morgan fingerprint density at radius 3 is 2.53 bits per heavy atom. The van der Waals surface area contributed by atoms with Crippen LogP contribution < -0.4 is 10.2 Å². The molecule has 30 heavy (non-hydrogen) atoms. The van der Waals surface area contributed by atoms with Gasteiger partial charge in [0.25, 0.3) is 5.91 Å². The highest BCUT2D eigenvalue weighted by atomic mass is 16.6. The topological polar surface area (TPSA) is 105 Å².